The van der Waals surface area contributed by atoms with E-state index in [1.165, 1.54) is 6.07 Å². The Balaban J connectivity index is 2.21. The molecule has 20 heavy (non-hydrogen) atoms. The molecular formula is C14H13BrN2O3. The van der Waals surface area contributed by atoms with E-state index in [0.717, 1.165) is 15.6 Å². The van der Waals surface area contributed by atoms with E-state index in [1.54, 1.807) is 12.1 Å². The first-order valence-corrected chi connectivity index (χ1v) is 6.74. The molecule has 0 saturated carbocycles. The Morgan fingerprint density at radius 1 is 1.20 bits per heavy atom. The van der Waals surface area contributed by atoms with Crippen LogP contribution in [0.5, 0.6) is 5.75 Å². The van der Waals surface area contributed by atoms with E-state index in [2.05, 4.69) is 15.9 Å². The van der Waals surface area contributed by atoms with Crippen LogP contribution in [0.4, 0.5) is 5.69 Å². The Labute approximate surface area is 124 Å². The fourth-order valence-corrected chi connectivity index (χ4v) is 2.19. The molecule has 0 aromatic heterocycles. The highest BCUT2D eigenvalue weighted by Crippen LogP contribution is 2.28. The van der Waals surface area contributed by atoms with Gasteiger partial charge in [0.25, 0.3) is 0 Å². The van der Waals surface area contributed by atoms with Gasteiger partial charge in [0.15, 0.2) is 5.75 Å². The van der Waals surface area contributed by atoms with Crippen LogP contribution in [0.2, 0.25) is 0 Å². The largest absolute Gasteiger partial charge is 0.482 e. The summed E-state index contributed by atoms with van der Waals surface area (Å²) in [4.78, 5) is 10.5. The maximum atomic E-state index is 11.0. The molecule has 0 amide bonds. The molecule has 0 bridgehead atoms. The molecule has 0 aliphatic carbocycles. The van der Waals surface area contributed by atoms with Crippen molar-refractivity contribution in [2.75, 3.05) is 0 Å². The SMILES string of the molecule is NCc1ccc([N+](=O)[O-])c(OCc2cccc(Br)c2)c1. The average Bonchev–Trinajstić information content (AvgIpc) is 2.44. The summed E-state index contributed by atoms with van der Waals surface area (Å²) in [5.74, 6) is 0.234. The number of nitro benzene ring substituents is 1. The van der Waals surface area contributed by atoms with Crippen LogP contribution in [-0.4, -0.2) is 4.92 Å². The second-order valence-electron chi connectivity index (χ2n) is 4.18. The lowest BCUT2D eigenvalue weighted by atomic mass is 10.2. The molecule has 0 fully saturated rings. The average molecular weight is 337 g/mol. The molecule has 0 saturated heterocycles. The van der Waals surface area contributed by atoms with Crippen molar-refractivity contribution in [2.24, 2.45) is 5.73 Å². The summed E-state index contributed by atoms with van der Waals surface area (Å²) in [6.45, 7) is 0.569. The minimum absolute atomic E-state index is 0.0582. The van der Waals surface area contributed by atoms with E-state index in [-0.39, 0.29) is 18.0 Å². The minimum Gasteiger partial charge on any atom is -0.482 e. The Hall–Kier alpha value is -1.92. The van der Waals surface area contributed by atoms with Crippen LogP contribution in [0.15, 0.2) is 46.9 Å². The van der Waals surface area contributed by atoms with E-state index in [0.29, 0.717) is 6.54 Å². The molecule has 2 aromatic carbocycles. The molecule has 0 atom stereocenters. The minimum atomic E-state index is -0.462. The van der Waals surface area contributed by atoms with E-state index in [9.17, 15) is 10.1 Å². The van der Waals surface area contributed by atoms with Crippen LogP contribution in [0, 0.1) is 10.1 Å². The Morgan fingerprint density at radius 2 is 2.00 bits per heavy atom. The second kappa shape index (κ2) is 6.49. The summed E-state index contributed by atoms with van der Waals surface area (Å²) in [5.41, 5.74) is 7.20. The molecule has 0 radical (unpaired) electrons. The maximum absolute atomic E-state index is 11.0. The van der Waals surface area contributed by atoms with Gasteiger partial charge in [0.1, 0.15) is 6.61 Å². The molecule has 6 heteroatoms. The molecule has 0 unspecified atom stereocenters. The summed E-state index contributed by atoms with van der Waals surface area (Å²) in [6, 6.07) is 12.2. The molecule has 0 spiro atoms. The highest BCUT2D eigenvalue weighted by Gasteiger charge is 2.15. The van der Waals surface area contributed by atoms with Gasteiger partial charge < -0.3 is 10.5 Å². The number of benzene rings is 2. The van der Waals surface area contributed by atoms with Gasteiger partial charge in [0.05, 0.1) is 4.92 Å². The third kappa shape index (κ3) is 3.55. The zero-order valence-corrected chi connectivity index (χ0v) is 12.2. The number of nitrogens with zero attached hydrogens (tertiary/aromatic N) is 1. The van der Waals surface area contributed by atoms with Gasteiger partial charge >= 0.3 is 5.69 Å². The summed E-state index contributed by atoms with van der Waals surface area (Å²) in [5, 5.41) is 11.0. The monoisotopic (exact) mass is 336 g/mol. The number of nitro groups is 1. The van der Waals surface area contributed by atoms with Crippen molar-refractivity contribution in [3.8, 4) is 5.75 Å². The summed E-state index contributed by atoms with van der Waals surface area (Å²) in [6.07, 6.45) is 0. The zero-order chi connectivity index (χ0) is 14.5. The van der Waals surface area contributed by atoms with Crippen molar-refractivity contribution in [3.05, 3.63) is 68.2 Å². The van der Waals surface area contributed by atoms with Gasteiger partial charge in [-0.2, -0.15) is 0 Å². The number of nitrogens with two attached hydrogens (primary N) is 1. The number of rotatable bonds is 5. The molecule has 2 rings (SSSR count). The van der Waals surface area contributed by atoms with Crippen molar-refractivity contribution < 1.29 is 9.66 Å². The molecule has 0 heterocycles. The van der Waals surface area contributed by atoms with E-state index < -0.39 is 4.92 Å². The van der Waals surface area contributed by atoms with E-state index >= 15 is 0 Å². The van der Waals surface area contributed by atoms with Crippen LogP contribution in [0.1, 0.15) is 11.1 Å². The Kier molecular flexibility index (Phi) is 4.70. The van der Waals surface area contributed by atoms with Gasteiger partial charge in [-0.05, 0) is 29.3 Å². The lowest BCUT2D eigenvalue weighted by molar-refractivity contribution is -0.386. The Morgan fingerprint density at radius 3 is 2.65 bits per heavy atom. The smallest absolute Gasteiger partial charge is 0.310 e. The lowest BCUT2D eigenvalue weighted by Gasteiger charge is -2.08. The first-order valence-electron chi connectivity index (χ1n) is 5.95. The predicted molar refractivity (Wildman–Crippen MR) is 79.5 cm³/mol. The standard InChI is InChI=1S/C14H13BrN2O3/c15-12-3-1-2-11(6-12)9-20-14-7-10(8-16)4-5-13(14)17(18)19/h1-7H,8-9,16H2. The van der Waals surface area contributed by atoms with Gasteiger partial charge in [0.2, 0.25) is 0 Å². The highest BCUT2D eigenvalue weighted by molar-refractivity contribution is 9.10. The van der Waals surface area contributed by atoms with Crippen molar-refractivity contribution in [2.45, 2.75) is 13.2 Å². The lowest BCUT2D eigenvalue weighted by Crippen LogP contribution is -2.02. The molecule has 0 aliphatic heterocycles. The molecule has 2 aromatic rings. The third-order valence-corrected chi connectivity index (χ3v) is 3.23. The normalized spacial score (nSPS) is 10.3. The van der Waals surface area contributed by atoms with Gasteiger partial charge in [-0.3, -0.25) is 10.1 Å². The second-order valence-corrected chi connectivity index (χ2v) is 5.10. The van der Waals surface area contributed by atoms with Crippen molar-refractivity contribution in [1.29, 1.82) is 0 Å². The fourth-order valence-electron chi connectivity index (χ4n) is 1.74. The first kappa shape index (κ1) is 14.5. The highest BCUT2D eigenvalue weighted by atomic mass is 79.9. The van der Waals surface area contributed by atoms with Crippen LogP contribution in [0.25, 0.3) is 0 Å². The quantitative estimate of drug-likeness (QED) is 0.670. The fraction of sp³-hybridized carbons (Fsp3) is 0.143. The molecule has 104 valence electrons. The molecular weight excluding hydrogens is 324 g/mol. The van der Waals surface area contributed by atoms with E-state index in [1.807, 2.05) is 24.3 Å². The van der Waals surface area contributed by atoms with Crippen LogP contribution in [-0.2, 0) is 13.2 Å². The Bertz CT molecular complexity index is 632. The maximum Gasteiger partial charge on any atom is 0.310 e. The summed E-state index contributed by atoms with van der Waals surface area (Å²) >= 11 is 3.37. The van der Waals surface area contributed by atoms with Crippen molar-refractivity contribution in [1.82, 2.24) is 0 Å². The van der Waals surface area contributed by atoms with Gasteiger partial charge in [-0.15, -0.1) is 0 Å². The number of hydrogen-bond acceptors (Lipinski definition) is 4. The predicted octanol–water partition coefficient (Wildman–Crippen LogP) is 3.40. The zero-order valence-electron chi connectivity index (χ0n) is 10.6. The molecule has 5 nitrogen and oxygen atoms in total. The van der Waals surface area contributed by atoms with Crippen LogP contribution < -0.4 is 10.5 Å². The summed E-state index contributed by atoms with van der Waals surface area (Å²) < 4.78 is 6.50. The molecule has 2 N–H and O–H groups in total. The van der Waals surface area contributed by atoms with E-state index in [4.69, 9.17) is 10.5 Å². The van der Waals surface area contributed by atoms with Gasteiger partial charge in [-0.1, -0.05) is 34.1 Å². The number of halogens is 1. The van der Waals surface area contributed by atoms with Crippen molar-refractivity contribution >= 4 is 21.6 Å². The van der Waals surface area contributed by atoms with Gasteiger partial charge in [0, 0.05) is 17.1 Å². The topological polar surface area (TPSA) is 78.4 Å². The number of hydrogen-bond donors (Lipinski definition) is 1. The first-order chi connectivity index (χ1) is 9.60. The van der Waals surface area contributed by atoms with Crippen molar-refractivity contribution in [3.63, 3.8) is 0 Å². The molecule has 0 aliphatic rings. The van der Waals surface area contributed by atoms with Crippen LogP contribution in [0.3, 0.4) is 0 Å². The van der Waals surface area contributed by atoms with Crippen LogP contribution >= 0.6 is 15.9 Å². The number of ether oxygens (including phenoxy) is 1. The van der Waals surface area contributed by atoms with Gasteiger partial charge in [-0.25, -0.2) is 0 Å². The summed E-state index contributed by atoms with van der Waals surface area (Å²) in [7, 11) is 0. The third-order valence-electron chi connectivity index (χ3n) is 2.74.